The summed E-state index contributed by atoms with van der Waals surface area (Å²) in [4.78, 5) is 11.2. The number of rotatable bonds is 10. The van der Waals surface area contributed by atoms with Gasteiger partial charge in [-0.2, -0.15) is 0 Å². The molecule has 1 aliphatic carbocycles. The summed E-state index contributed by atoms with van der Waals surface area (Å²) >= 11 is 0. The molecule has 7 heteroatoms. The highest BCUT2D eigenvalue weighted by Gasteiger charge is 2.37. The maximum absolute atomic E-state index is 15.3. The molecule has 0 bridgehead atoms. The van der Waals surface area contributed by atoms with Gasteiger partial charge in [0.15, 0.2) is 11.6 Å². The first-order chi connectivity index (χ1) is 18.5. The largest absolute Gasteiger partial charge is 0.497 e. The highest BCUT2D eigenvalue weighted by atomic mass is 19.1. The Morgan fingerprint density at radius 2 is 1.85 bits per heavy atom. The van der Waals surface area contributed by atoms with E-state index >= 15 is 8.78 Å². The quantitative estimate of drug-likeness (QED) is 0.280. The van der Waals surface area contributed by atoms with E-state index in [2.05, 4.69) is 13.8 Å². The Labute approximate surface area is 227 Å². The third-order valence-electron chi connectivity index (χ3n) is 7.99. The first kappa shape index (κ1) is 28.5. The van der Waals surface area contributed by atoms with Gasteiger partial charge in [0.1, 0.15) is 24.0 Å². The number of carboxylic acids is 1. The van der Waals surface area contributed by atoms with Crippen LogP contribution in [0.5, 0.6) is 11.5 Å². The molecule has 0 spiro atoms. The number of ether oxygens (including phenoxy) is 2. The zero-order chi connectivity index (χ0) is 28.3. The van der Waals surface area contributed by atoms with E-state index in [1.807, 2.05) is 12.1 Å². The topological polar surface area (TPSA) is 55.8 Å². The second-order valence-electron chi connectivity index (χ2n) is 11.0. The Kier molecular flexibility index (Phi) is 8.57. The van der Waals surface area contributed by atoms with E-state index in [0.29, 0.717) is 17.7 Å². The monoisotopic (exact) mass is 540 g/mol. The molecule has 208 valence electrons. The number of halogens is 3. The molecule has 0 unspecified atom stereocenters. The Balaban J connectivity index is 1.70. The summed E-state index contributed by atoms with van der Waals surface area (Å²) < 4.78 is 55.9. The fraction of sp³-hybridized carbons (Fsp3) is 0.406. The molecule has 1 saturated carbocycles. The fourth-order valence-corrected chi connectivity index (χ4v) is 5.81. The first-order valence-corrected chi connectivity index (χ1v) is 13.3. The lowest BCUT2D eigenvalue weighted by atomic mass is 9.75. The molecule has 3 aromatic rings. The number of benzene rings is 3. The van der Waals surface area contributed by atoms with Gasteiger partial charge < -0.3 is 14.6 Å². The molecule has 0 saturated heterocycles. The van der Waals surface area contributed by atoms with Gasteiger partial charge in [0, 0.05) is 11.6 Å². The van der Waals surface area contributed by atoms with Crippen molar-refractivity contribution < 1.29 is 32.5 Å². The third kappa shape index (κ3) is 6.23. The van der Waals surface area contributed by atoms with E-state index in [4.69, 9.17) is 9.47 Å². The number of carbonyl (C=O) groups is 1. The Morgan fingerprint density at radius 3 is 2.49 bits per heavy atom. The Morgan fingerprint density at radius 1 is 1.08 bits per heavy atom. The number of methoxy groups -OCH3 is 1. The van der Waals surface area contributed by atoms with Gasteiger partial charge in [0.25, 0.3) is 0 Å². The molecule has 1 aliphatic rings. The molecule has 3 aromatic carbocycles. The third-order valence-corrected chi connectivity index (χ3v) is 7.99. The Bertz CT molecular complexity index is 1350. The molecule has 4 rings (SSSR count). The summed E-state index contributed by atoms with van der Waals surface area (Å²) in [7, 11) is 1.54. The van der Waals surface area contributed by atoms with Gasteiger partial charge in [0.2, 0.25) is 0 Å². The van der Waals surface area contributed by atoms with Crippen molar-refractivity contribution in [2.24, 2.45) is 5.41 Å². The minimum absolute atomic E-state index is 0.00640. The van der Waals surface area contributed by atoms with Gasteiger partial charge >= 0.3 is 5.97 Å². The standard InChI is InChI=1S/C32H35F3O4/c1-5-20(14-30(36)37)24-15-21(33)16-29(31(24)35)39-18-19-8-10-23(26-17-22(38-4)9-11-28(26)34)25(13-19)27-7-6-12-32(27,2)3/h8-11,13,15-17,20,27H,5-7,12,14,18H2,1-4H3,(H,36,37)/t20-,27+/m1/s1. The summed E-state index contributed by atoms with van der Waals surface area (Å²) in [5.74, 6) is -3.08. The van der Waals surface area contributed by atoms with Crippen LogP contribution in [0, 0.1) is 22.9 Å². The second-order valence-corrected chi connectivity index (χ2v) is 11.0. The predicted molar refractivity (Wildman–Crippen MR) is 145 cm³/mol. The molecule has 0 amide bonds. The van der Waals surface area contributed by atoms with Crippen molar-refractivity contribution in [3.63, 3.8) is 0 Å². The molecule has 39 heavy (non-hydrogen) atoms. The van der Waals surface area contributed by atoms with Crippen molar-refractivity contribution in [3.05, 3.63) is 82.7 Å². The lowest BCUT2D eigenvalue weighted by Crippen LogP contribution is -2.17. The molecular weight excluding hydrogens is 505 g/mol. The van der Waals surface area contributed by atoms with Crippen LogP contribution in [-0.2, 0) is 11.4 Å². The van der Waals surface area contributed by atoms with Crippen LogP contribution in [0.2, 0.25) is 0 Å². The molecule has 0 radical (unpaired) electrons. The number of aliphatic carboxylic acids is 1. The smallest absolute Gasteiger partial charge is 0.303 e. The minimum atomic E-state index is -1.08. The van der Waals surface area contributed by atoms with Crippen LogP contribution in [0.15, 0.2) is 48.5 Å². The summed E-state index contributed by atoms with van der Waals surface area (Å²) in [5.41, 5.74) is 2.94. The predicted octanol–water partition coefficient (Wildman–Crippen LogP) is 8.62. The van der Waals surface area contributed by atoms with Crippen molar-refractivity contribution in [1.82, 2.24) is 0 Å². The van der Waals surface area contributed by atoms with Crippen LogP contribution in [0.25, 0.3) is 11.1 Å². The normalized spacial score (nSPS) is 17.2. The maximum atomic E-state index is 15.3. The summed E-state index contributed by atoms with van der Waals surface area (Å²) in [6, 6.07) is 12.3. The van der Waals surface area contributed by atoms with Crippen molar-refractivity contribution >= 4 is 5.97 Å². The molecule has 1 N–H and O–H groups in total. The zero-order valence-corrected chi connectivity index (χ0v) is 22.8. The Hall–Kier alpha value is -3.48. The van der Waals surface area contributed by atoms with Crippen LogP contribution in [0.1, 0.15) is 81.4 Å². The van der Waals surface area contributed by atoms with E-state index < -0.39 is 23.5 Å². The highest BCUT2D eigenvalue weighted by molar-refractivity contribution is 5.71. The van der Waals surface area contributed by atoms with Crippen LogP contribution in [0.3, 0.4) is 0 Å². The minimum Gasteiger partial charge on any atom is -0.497 e. The summed E-state index contributed by atoms with van der Waals surface area (Å²) in [5, 5.41) is 9.18. The molecule has 0 aliphatic heterocycles. The number of hydrogen-bond donors (Lipinski definition) is 1. The summed E-state index contributed by atoms with van der Waals surface area (Å²) in [6.45, 7) is 6.13. The first-order valence-electron chi connectivity index (χ1n) is 13.3. The second kappa shape index (κ2) is 11.7. The van der Waals surface area contributed by atoms with Crippen molar-refractivity contribution in [2.45, 2.75) is 71.3 Å². The van der Waals surface area contributed by atoms with Crippen molar-refractivity contribution in [1.29, 1.82) is 0 Å². The van der Waals surface area contributed by atoms with Gasteiger partial charge in [-0.15, -0.1) is 0 Å². The van der Waals surface area contributed by atoms with E-state index in [1.165, 1.54) is 6.07 Å². The molecule has 4 nitrogen and oxygen atoms in total. The van der Waals surface area contributed by atoms with Gasteiger partial charge in [-0.25, -0.2) is 13.2 Å². The molecule has 0 heterocycles. The van der Waals surface area contributed by atoms with Gasteiger partial charge in [-0.3, -0.25) is 4.79 Å². The van der Waals surface area contributed by atoms with E-state index in [-0.39, 0.29) is 41.5 Å². The number of carboxylic acid groups (broad SMARTS) is 1. The average molecular weight is 541 g/mol. The van der Waals surface area contributed by atoms with Gasteiger partial charge in [-0.05, 0) is 83.0 Å². The van der Waals surface area contributed by atoms with E-state index in [0.717, 1.165) is 48.1 Å². The van der Waals surface area contributed by atoms with Crippen LogP contribution >= 0.6 is 0 Å². The van der Waals surface area contributed by atoms with Crippen LogP contribution in [0.4, 0.5) is 13.2 Å². The van der Waals surface area contributed by atoms with Crippen molar-refractivity contribution in [2.75, 3.05) is 7.11 Å². The molecule has 0 aromatic heterocycles. The molecule has 2 atom stereocenters. The highest BCUT2D eigenvalue weighted by Crippen LogP contribution is 2.51. The number of hydrogen-bond acceptors (Lipinski definition) is 3. The van der Waals surface area contributed by atoms with Crippen LogP contribution in [-0.4, -0.2) is 18.2 Å². The van der Waals surface area contributed by atoms with E-state index in [1.54, 1.807) is 32.2 Å². The SMILES string of the molecule is CC[C@H](CC(=O)O)c1cc(F)cc(OCc2ccc(-c3cc(OC)ccc3F)c([C@@H]3CCCC3(C)C)c2)c1F. The van der Waals surface area contributed by atoms with Gasteiger partial charge in [-0.1, -0.05) is 45.4 Å². The summed E-state index contributed by atoms with van der Waals surface area (Å²) in [6.07, 6.45) is 3.10. The lowest BCUT2D eigenvalue weighted by molar-refractivity contribution is -0.137. The molecule has 1 fully saturated rings. The zero-order valence-electron chi connectivity index (χ0n) is 22.8. The van der Waals surface area contributed by atoms with E-state index in [9.17, 15) is 14.3 Å². The fourth-order valence-electron chi connectivity index (χ4n) is 5.81. The van der Waals surface area contributed by atoms with Crippen molar-refractivity contribution in [3.8, 4) is 22.6 Å². The van der Waals surface area contributed by atoms with Crippen LogP contribution < -0.4 is 9.47 Å². The molecular formula is C32H35F3O4. The lowest BCUT2D eigenvalue weighted by Gasteiger charge is -2.30. The maximum Gasteiger partial charge on any atom is 0.303 e. The average Bonchev–Trinajstić information content (AvgIpc) is 3.26. The van der Waals surface area contributed by atoms with Gasteiger partial charge in [0.05, 0.1) is 13.5 Å².